The van der Waals surface area contributed by atoms with E-state index in [2.05, 4.69) is 31.3 Å². The highest BCUT2D eigenvalue weighted by atomic mass is 16.5. The van der Waals surface area contributed by atoms with Crippen molar-refractivity contribution in [2.24, 2.45) is 0 Å². The van der Waals surface area contributed by atoms with Gasteiger partial charge in [-0.05, 0) is 37.8 Å². The fraction of sp³-hybridized carbons (Fsp3) is 0.647. The molecule has 2 unspecified atom stereocenters. The van der Waals surface area contributed by atoms with Crippen molar-refractivity contribution >= 4 is 0 Å². The predicted octanol–water partition coefficient (Wildman–Crippen LogP) is 2.20. The van der Waals surface area contributed by atoms with E-state index in [1.807, 2.05) is 12.1 Å². The Labute approximate surface area is 127 Å². The van der Waals surface area contributed by atoms with Crippen LogP contribution in [-0.2, 0) is 9.47 Å². The minimum atomic E-state index is -0.488. The molecule has 1 saturated heterocycles. The zero-order valence-corrected chi connectivity index (χ0v) is 13.0. The van der Waals surface area contributed by atoms with E-state index in [1.165, 1.54) is 11.1 Å². The molecule has 1 aliphatic rings. The zero-order valence-electron chi connectivity index (χ0n) is 13.0. The smallest absolute Gasteiger partial charge is 0.0897 e. The van der Waals surface area contributed by atoms with E-state index >= 15 is 0 Å². The molecule has 0 saturated carbocycles. The number of aryl methyl sites for hydroxylation is 1. The summed E-state index contributed by atoms with van der Waals surface area (Å²) in [5.74, 6) is 0. The molecule has 0 aromatic heterocycles. The molecule has 0 radical (unpaired) electrons. The third-order valence-electron chi connectivity index (χ3n) is 3.95. The molecule has 0 amide bonds. The number of hydrogen-bond donors (Lipinski definition) is 2. The number of aliphatic hydroxyl groups is 1. The largest absolute Gasteiger partial charge is 0.389 e. The fourth-order valence-corrected chi connectivity index (χ4v) is 2.67. The maximum atomic E-state index is 9.96. The molecule has 0 bridgehead atoms. The van der Waals surface area contributed by atoms with Crippen LogP contribution in [0.15, 0.2) is 24.3 Å². The molecule has 4 nitrogen and oxygen atoms in total. The minimum absolute atomic E-state index is 0.219. The number of ether oxygens (including phenoxy) is 2. The van der Waals surface area contributed by atoms with Crippen molar-refractivity contribution in [3.05, 3.63) is 35.4 Å². The predicted molar refractivity (Wildman–Crippen MR) is 83.4 cm³/mol. The summed E-state index contributed by atoms with van der Waals surface area (Å²) < 4.78 is 11.0. The first-order valence-electron chi connectivity index (χ1n) is 7.83. The van der Waals surface area contributed by atoms with Crippen LogP contribution in [0.5, 0.6) is 0 Å². The van der Waals surface area contributed by atoms with Crippen LogP contribution in [0.3, 0.4) is 0 Å². The third kappa shape index (κ3) is 5.40. The molecule has 4 heteroatoms. The third-order valence-corrected chi connectivity index (χ3v) is 3.95. The van der Waals surface area contributed by atoms with Gasteiger partial charge in [-0.2, -0.15) is 0 Å². The van der Waals surface area contributed by atoms with Crippen molar-refractivity contribution in [1.82, 2.24) is 5.32 Å². The lowest BCUT2D eigenvalue weighted by Crippen LogP contribution is -2.33. The van der Waals surface area contributed by atoms with E-state index in [-0.39, 0.29) is 12.1 Å². The second-order valence-corrected chi connectivity index (χ2v) is 5.81. The Morgan fingerprint density at radius 2 is 2.24 bits per heavy atom. The van der Waals surface area contributed by atoms with Crippen LogP contribution in [0.1, 0.15) is 36.9 Å². The Morgan fingerprint density at radius 1 is 1.43 bits per heavy atom. The van der Waals surface area contributed by atoms with Gasteiger partial charge in [0.05, 0.1) is 25.4 Å². The zero-order chi connectivity index (χ0) is 15.1. The topological polar surface area (TPSA) is 50.7 Å². The summed E-state index contributed by atoms with van der Waals surface area (Å²) >= 11 is 0. The van der Waals surface area contributed by atoms with Crippen LogP contribution in [0, 0.1) is 6.92 Å². The lowest BCUT2D eigenvalue weighted by atomic mass is 10.0. The number of hydrogen-bond acceptors (Lipinski definition) is 4. The highest BCUT2D eigenvalue weighted by Crippen LogP contribution is 2.16. The van der Waals surface area contributed by atoms with Gasteiger partial charge in [-0.1, -0.05) is 24.3 Å². The van der Waals surface area contributed by atoms with Crippen molar-refractivity contribution in [2.45, 2.75) is 44.9 Å². The fourth-order valence-electron chi connectivity index (χ4n) is 2.67. The molecule has 21 heavy (non-hydrogen) atoms. The first-order valence-corrected chi connectivity index (χ1v) is 7.83. The minimum Gasteiger partial charge on any atom is -0.389 e. The molecule has 2 rings (SSSR count). The molecule has 3 atom stereocenters. The van der Waals surface area contributed by atoms with Crippen molar-refractivity contribution in [2.75, 3.05) is 26.4 Å². The van der Waals surface area contributed by atoms with E-state index in [9.17, 15) is 5.11 Å². The average Bonchev–Trinajstić information content (AvgIpc) is 2.98. The Bertz CT molecular complexity index is 418. The maximum Gasteiger partial charge on any atom is 0.0897 e. The Kier molecular flexibility index (Phi) is 6.64. The van der Waals surface area contributed by atoms with Crippen LogP contribution in [0.2, 0.25) is 0 Å². The van der Waals surface area contributed by atoms with Crippen LogP contribution < -0.4 is 5.32 Å². The van der Waals surface area contributed by atoms with Gasteiger partial charge in [-0.15, -0.1) is 0 Å². The van der Waals surface area contributed by atoms with Crippen LogP contribution in [-0.4, -0.2) is 43.7 Å². The molecular weight excluding hydrogens is 266 g/mol. The number of rotatable bonds is 8. The van der Waals surface area contributed by atoms with Gasteiger partial charge in [-0.25, -0.2) is 0 Å². The summed E-state index contributed by atoms with van der Waals surface area (Å²) in [6.45, 7) is 6.53. The number of aliphatic hydroxyl groups excluding tert-OH is 1. The first kappa shape index (κ1) is 16.4. The van der Waals surface area contributed by atoms with Crippen LogP contribution in [0.4, 0.5) is 0 Å². The van der Waals surface area contributed by atoms with Gasteiger partial charge in [0.25, 0.3) is 0 Å². The van der Waals surface area contributed by atoms with Gasteiger partial charge < -0.3 is 19.9 Å². The van der Waals surface area contributed by atoms with E-state index in [1.54, 1.807) is 0 Å². The first-order chi connectivity index (χ1) is 10.2. The molecule has 1 heterocycles. The molecule has 2 N–H and O–H groups in total. The molecule has 1 aliphatic heterocycles. The Hall–Kier alpha value is -0.940. The molecule has 1 fully saturated rings. The summed E-state index contributed by atoms with van der Waals surface area (Å²) in [6.07, 6.45) is 1.92. The molecule has 1 aromatic carbocycles. The molecule has 118 valence electrons. The number of nitrogens with one attached hydrogen (secondary N) is 1. The van der Waals surface area contributed by atoms with Crippen molar-refractivity contribution in [3.63, 3.8) is 0 Å². The van der Waals surface area contributed by atoms with Crippen molar-refractivity contribution in [1.29, 1.82) is 0 Å². The van der Waals surface area contributed by atoms with Crippen LogP contribution in [0.25, 0.3) is 0 Å². The van der Waals surface area contributed by atoms with E-state index in [0.717, 1.165) is 19.4 Å². The Balaban J connectivity index is 1.63. The van der Waals surface area contributed by atoms with Crippen molar-refractivity contribution < 1.29 is 14.6 Å². The summed E-state index contributed by atoms with van der Waals surface area (Å²) in [4.78, 5) is 0. The second-order valence-electron chi connectivity index (χ2n) is 5.81. The molecule has 0 spiro atoms. The van der Waals surface area contributed by atoms with Gasteiger partial charge >= 0.3 is 0 Å². The maximum absolute atomic E-state index is 9.96. The van der Waals surface area contributed by atoms with Gasteiger partial charge in [-0.3, -0.25) is 0 Å². The summed E-state index contributed by atoms with van der Waals surface area (Å²) in [6, 6.07) is 8.53. The normalized spacial score (nSPS) is 21.4. The second kappa shape index (κ2) is 8.49. The Morgan fingerprint density at radius 3 is 2.95 bits per heavy atom. The monoisotopic (exact) mass is 293 g/mol. The lowest BCUT2D eigenvalue weighted by molar-refractivity contribution is -0.0168. The van der Waals surface area contributed by atoms with E-state index in [4.69, 9.17) is 9.47 Å². The van der Waals surface area contributed by atoms with Crippen LogP contribution >= 0.6 is 0 Å². The molecular formula is C17H27NO3. The summed E-state index contributed by atoms with van der Waals surface area (Å²) in [7, 11) is 0. The standard InChI is InChI=1S/C17H27NO3/c1-13-6-3-4-8-17(13)14(2)18-10-15(19)11-20-12-16-7-5-9-21-16/h3-4,6,8,14-16,18-19H,5,7,9-12H2,1-2H3/t14-,15?,16?/m0/s1. The average molecular weight is 293 g/mol. The molecule has 1 aromatic rings. The van der Waals surface area contributed by atoms with Gasteiger partial charge in [0, 0.05) is 19.2 Å². The summed E-state index contributed by atoms with van der Waals surface area (Å²) in [5, 5.41) is 13.3. The highest BCUT2D eigenvalue weighted by molar-refractivity contribution is 5.28. The highest BCUT2D eigenvalue weighted by Gasteiger charge is 2.16. The number of benzene rings is 1. The van der Waals surface area contributed by atoms with E-state index in [0.29, 0.717) is 19.8 Å². The van der Waals surface area contributed by atoms with E-state index < -0.39 is 6.10 Å². The lowest BCUT2D eigenvalue weighted by Gasteiger charge is -2.19. The summed E-state index contributed by atoms with van der Waals surface area (Å²) in [5.41, 5.74) is 2.53. The van der Waals surface area contributed by atoms with Gasteiger partial charge in [0.15, 0.2) is 0 Å². The van der Waals surface area contributed by atoms with Crippen molar-refractivity contribution in [3.8, 4) is 0 Å². The quantitative estimate of drug-likeness (QED) is 0.771. The SMILES string of the molecule is Cc1ccccc1[C@H](C)NCC(O)COCC1CCCO1. The van der Waals surface area contributed by atoms with Gasteiger partial charge in [0.2, 0.25) is 0 Å². The van der Waals surface area contributed by atoms with Gasteiger partial charge in [0.1, 0.15) is 0 Å². The molecule has 0 aliphatic carbocycles.